The van der Waals surface area contributed by atoms with E-state index in [4.69, 9.17) is 0 Å². The van der Waals surface area contributed by atoms with E-state index in [1.54, 1.807) is 18.7 Å². The summed E-state index contributed by atoms with van der Waals surface area (Å²) in [5.74, 6) is 1.53. The summed E-state index contributed by atoms with van der Waals surface area (Å²) in [4.78, 5) is 8.28. The van der Waals surface area contributed by atoms with E-state index in [-0.39, 0.29) is 0 Å². The van der Waals surface area contributed by atoms with Crippen LogP contribution in [0.1, 0.15) is 24.7 Å². The SMILES string of the molecule is Brc1cnc(NCc2nncn2C2CC2)nc1. The number of nitrogens with zero attached hydrogens (tertiary/aromatic N) is 5. The van der Waals surface area contributed by atoms with Crippen molar-refractivity contribution in [3.05, 3.63) is 29.0 Å². The second kappa shape index (κ2) is 4.40. The van der Waals surface area contributed by atoms with E-state index < -0.39 is 0 Å². The summed E-state index contributed by atoms with van der Waals surface area (Å²) in [6.07, 6.45) is 7.65. The Kier molecular flexibility index (Phi) is 2.76. The van der Waals surface area contributed by atoms with Crippen molar-refractivity contribution in [3.8, 4) is 0 Å². The normalized spacial score (nSPS) is 14.9. The van der Waals surface area contributed by atoms with Crippen LogP contribution in [0.25, 0.3) is 0 Å². The Morgan fingerprint density at radius 2 is 2.12 bits per heavy atom. The number of rotatable bonds is 4. The molecule has 2 aromatic rings. The molecule has 3 rings (SSSR count). The van der Waals surface area contributed by atoms with Crippen molar-refractivity contribution in [2.75, 3.05) is 5.32 Å². The standard InChI is InChI=1S/C10H11BrN6/c11-7-3-12-10(13-4-7)14-5-9-16-15-6-17(9)8-1-2-8/h3-4,6,8H,1-2,5H2,(H,12,13,14). The van der Waals surface area contributed by atoms with Crippen LogP contribution in [0.3, 0.4) is 0 Å². The highest BCUT2D eigenvalue weighted by atomic mass is 79.9. The minimum absolute atomic E-state index is 0.590. The molecule has 0 spiro atoms. The Hall–Kier alpha value is -1.50. The molecule has 6 nitrogen and oxygen atoms in total. The number of hydrogen-bond acceptors (Lipinski definition) is 5. The predicted molar refractivity (Wildman–Crippen MR) is 65.4 cm³/mol. The molecule has 0 aromatic carbocycles. The first kappa shape index (κ1) is 10.6. The Balaban J connectivity index is 1.67. The van der Waals surface area contributed by atoms with E-state index in [2.05, 4.69) is 46.0 Å². The summed E-state index contributed by atoms with van der Waals surface area (Å²) < 4.78 is 2.98. The van der Waals surface area contributed by atoms with Gasteiger partial charge in [0, 0.05) is 18.4 Å². The first-order chi connectivity index (χ1) is 8.33. The molecule has 0 amide bonds. The lowest BCUT2D eigenvalue weighted by Crippen LogP contribution is -2.09. The summed E-state index contributed by atoms with van der Waals surface area (Å²) >= 11 is 3.29. The lowest BCUT2D eigenvalue weighted by Gasteiger charge is -2.05. The van der Waals surface area contributed by atoms with Crippen LogP contribution in [0.4, 0.5) is 5.95 Å². The zero-order chi connectivity index (χ0) is 11.7. The van der Waals surface area contributed by atoms with Crippen molar-refractivity contribution < 1.29 is 0 Å². The molecule has 88 valence electrons. The second-order valence-electron chi connectivity index (χ2n) is 3.96. The maximum atomic E-state index is 4.14. The van der Waals surface area contributed by atoms with Gasteiger partial charge >= 0.3 is 0 Å². The van der Waals surface area contributed by atoms with Gasteiger partial charge in [-0.15, -0.1) is 10.2 Å². The molecular weight excluding hydrogens is 284 g/mol. The summed E-state index contributed by atoms with van der Waals surface area (Å²) in [5.41, 5.74) is 0. The van der Waals surface area contributed by atoms with Gasteiger partial charge in [-0.05, 0) is 28.8 Å². The quantitative estimate of drug-likeness (QED) is 0.931. The second-order valence-corrected chi connectivity index (χ2v) is 4.88. The van der Waals surface area contributed by atoms with E-state index in [9.17, 15) is 0 Å². The van der Waals surface area contributed by atoms with Crippen LogP contribution in [0.2, 0.25) is 0 Å². The van der Waals surface area contributed by atoms with Crippen LogP contribution in [-0.4, -0.2) is 24.7 Å². The van der Waals surface area contributed by atoms with Gasteiger partial charge in [-0.2, -0.15) is 0 Å². The molecular formula is C10H11BrN6. The van der Waals surface area contributed by atoms with Crippen molar-refractivity contribution >= 4 is 21.9 Å². The highest BCUT2D eigenvalue weighted by Crippen LogP contribution is 2.35. The average Bonchev–Trinajstić information content (AvgIpc) is 3.08. The Labute approximate surface area is 107 Å². The van der Waals surface area contributed by atoms with E-state index in [0.29, 0.717) is 18.5 Å². The molecule has 2 heterocycles. The molecule has 0 saturated heterocycles. The van der Waals surface area contributed by atoms with Gasteiger partial charge in [0.15, 0.2) is 5.82 Å². The molecule has 7 heteroatoms. The average molecular weight is 295 g/mol. The van der Waals surface area contributed by atoms with Gasteiger partial charge in [0.05, 0.1) is 11.0 Å². The highest BCUT2D eigenvalue weighted by Gasteiger charge is 2.25. The molecule has 0 aliphatic heterocycles. The number of nitrogens with one attached hydrogen (secondary N) is 1. The molecule has 0 bridgehead atoms. The number of hydrogen-bond donors (Lipinski definition) is 1. The van der Waals surface area contributed by atoms with Crippen LogP contribution in [-0.2, 0) is 6.54 Å². The zero-order valence-corrected chi connectivity index (χ0v) is 10.6. The van der Waals surface area contributed by atoms with Crippen LogP contribution < -0.4 is 5.32 Å². The number of anilines is 1. The Bertz CT molecular complexity index is 504. The maximum Gasteiger partial charge on any atom is 0.223 e. The minimum Gasteiger partial charge on any atom is -0.347 e. The molecule has 1 saturated carbocycles. The van der Waals surface area contributed by atoms with E-state index in [1.807, 2.05) is 0 Å². The van der Waals surface area contributed by atoms with Gasteiger partial charge in [0.25, 0.3) is 0 Å². The molecule has 1 aliphatic carbocycles. The third-order valence-electron chi connectivity index (χ3n) is 2.61. The fourth-order valence-corrected chi connectivity index (χ4v) is 1.82. The molecule has 1 fully saturated rings. The molecule has 17 heavy (non-hydrogen) atoms. The van der Waals surface area contributed by atoms with Gasteiger partial charge in [-0.25, -0.2) is 9.97 Å². The predicted octanol–water partition coefficient (Wildman–Crippen LogP) is 1.78. The Morgan fingerprint density at radius 3 is 2.82 bits per heavy atom. The number of aromatic nitrogens is 5. The third-order valence-corrected chi connectivity index (χ3v) is 3.02. The summed E-state index contributed by atoms with van der Waals surface area (Å²) in [7, 11) is 0. The molecule has 2 aromatic heterocycles. The minimum atomic E-state index is 0.590. The maximum absolute atomic E-state index is 4.14. The van der Waals surface area contributed by atoms with Crippen molar-refractivity contribution in [3.63, 3.8) is 0 Å². The Morgan fingerprint density at radius 1 is 1.35 bits per heavy atom. The van der Waals surface area contributed by atoms with Crippen LogP contribution >= 0.6 is 15.9 Å². The lowest BCUT2D eigenvalue weighted by atomic mass is 10.5. The zero-order valence-electron chi connectivity index (χ0n) is 9.04. The molecule has 0 unspecified atom stereocenters. The summed E-state index contributed by atoms with van der Waals surface area (Å²) in [5, 5.41) is 11.2. The van der Waals surface area contributed by atoms with Gasteiger partial charge < -0.3 is 9.88 Å². The van der Waals surface area contributed by atoms with Gasteiger partial charge in [-0.3, -0.25) is 0 Å². The molecule has 0 radical (unpaired) electrons. The number of halogens is 1. The fourth-order valence-electron chi connectivity index (χ4n) is 1.61. The van der Waals surface area contributed by atoms with Crippen LogP contribution in [0, 0.1) is 0 Å². The third kappa shape index (κ3) is 2.44. The van der Waals surface area contributed by atoms with Crippen molar-refractivity contribution in [1.29, 1.82) is 0 Å². The topological polar surface area (TPSA) is 68.5 Å². The fraction of sp³-hybridized carbons (Fsp3) is 0.400. The monoisotopic (exact) mass is 294 g/mol. The van der Waals surface area contributed by atoms with Crippen LogP contribution in [0.5, 0.6) is 0 Å². The molecule has 1 aliphatic rings. The summed E-state index contributed by atoms with van der Waals surface area (Å²) in [6.45, 7) is 0.595. The smallest absolute Gasteiger partial charge is 0.223 e. The van der Waals surface area contributed by atoms with Gasteiger partial charge in [0.1, 0.15) is 6.33 Å². The van der Waals surface area contributed by atoms with E-state index in [1.165, 1.54) is 12.8 Å². The largest absolute Gasteiger partial charge is 0.347 e. The van der Waals surface area contributed by atoms with Gasteiger partial charge in [0.2, 0.25) is 5.95 Å². The highest BCUT2D eigenvalue weighted by molar-refractivity contribution is 9.10. The van der Waals surface area contributed by atoms with Crippen molar-refractivity contribution in [2.45, 2.75) is 25.4 Å². The summed E-state index contributed by atoms with van der Waals surface area (Å²) in [6, 6.07) is 0.590. The van der Waals surface area contributed by atoms with Crippen LogP contribution in [0.15, 0.2) is 23.2 Å². The van der Waals surface area contributed by atoms with E-state index in [0.717, 1.165) is 10.3 Å². The van der Waals surface area contributed by atoms with Crippen molar-refractivity contribution in [1.82, 2.24) is 24.7 Å². The van der Waals surface area contributed by atoms with Gasteiger partial charge in [-0.1, -0.05) is 0 Å². The van der Waals surface area contributed by atoms with E-state index >= 15 is 0 Å². The molecule has 1 N–H and O–H groups in total. The lowest BCUT2D eigenvalue weighted by molar-refractivity contribution is 0.689. The first-order valence-corrected chi connectivity index (χ1v) is 6.22. The first-order valence-electron chi connectivity index (χ1n) is 5.43. The van der Waals surface area contributed by atoms with Crippen molar-refractivity contribution in [2.24, 2.45) is 0 Å². The molecule has 0 atom stereocenters.